The van der Waals surface area contributed by atoms with Gasteiger partial charge in [0.1, 0.15) is 0 Å². The molecular formula is C46H30N2. The largest absolute Gasteiger partial charge is 0.309 e. The molecule has 0 amide bonds. The summed E-state index contributed by atoms with van der Waals surface area (Å²) in [5, 5.41) is 10.5. The minimum Gasteiger partial charge on any atom is -0.309 e. The minimum absolute atomic E-state index is 0.564. The zero-order chi connectivity index (χ0) is 31.3. The molecule has 224 valence electrons. The molecule has 2 unspecified atom stereocenters. The van der Waals surface area contributed by atoms with Crippen molar-refractivity contribution in [3.8, 4) is 16.8 Å². The predicted molar refractivity (Wildman–Crippen MR) is 202 cm³/mol. The summed E-state index contributed by atoms with van der Waals surface area (Å²) < 4.78 is 2.39. The van der Waals surface area contributed by atoms with Crippen molar-refractivity contribution >= 4 is 65.3 Å². The maximum atomic E-state index is 4.78. The van der Waals surface area contributed by atoms with Gasteiger partial charge in [0.15, 0.2) is 0 Å². The Bertz CT molecular complexity index is 2740. The van der Waals surface area contributed by atoms with Crippen LogP contribution in [0, 0.1) is 11.8 Å². The van der Waals surface area contributed by atoms with Crippen molar-refractivity contribution in [2.75, 3.05) is 0 Å². The van der Waals surface area contributed by atoms with Crippen molar-refractivity contribution in [1.29, 1.82) is 0 Å². The van der Waals surface area contributed by atoms with Gasteiger partial charge in [-0.05, 0) is 109 Å². The fourth-order valence-electron chi connectivity index (χ4n) is 8.64. The van der Waals surface area contributed by atoms with E-state index in [4.69, 9.17) is 4.98 Å². The molecule has 0 aliphatic heterocycles. The smallest absolute Gasteiger partial charge is 0.0704 e. The van der Waals surface area contributed by atoms with Gasteiger partial charge in [0.2, 0.25) is 0 Å². The van der Waals surface area contributed by atoms with E-state index in [0.29, 0.717) is 11.8 Å². The van der Waals surface area contributed by atoms with Gasteiger partial charge < -0.3 is 4.57 Å². The zero-order valence-corrected chi connectivity index (χ0v) is 26.3. The number of hydrogen-bond acceptors (Lipinski definition) is 1. The summed E-state index contributed by atoms with van der Waals surface area (Å²) >= 11 is 0. The van der Waals surface area contributed by atoms with Crippen molar-refractivity contribution in [2.45, 2.75) is 6.42 Å². The number of para-hydroxylation sites is 2. The van der Waals surface area contributed by atoms with Gasteiger partial charge in [0.25, 0.3) is 0 Å². The lowest BCUT2D eigenvalue weighted by Crippen LogP contribution is -2.01. The average Bonchev–Trinajstić information content (AvgIpc) is 3.88. The second kappa shape index (κ2) is 9.76. The Morgan fingerprint density at radius 2 is 1.17 bits per heavy atom. The summed E-state index contributed by atoms with van der Waals surface area (Å²) in [5.41, 5.74) is 11.3. The van der Waals surface area contributed by atoms with Gasteiger partial charge in [-0.25, -0.2) is 0 Å². The summed E-state index contributed by atoms with van der Waals surface area (Å²) in [4.78, 5) is 4.78. The number of hydrogen-bond donors (Lipinski definition) is 0. The van der Waals surface area contributed by atoms with E-state index < -0.39 is 0 Å². The molecule has 0 radical (unpaired) electrons. The second-order valence-electron chi connectivity index (χ2n) is 13.5. The molecule has 0 spiro atoms. The van der Waals surface area contributed by atoms with Gasteiger partial charge in [-0.15, -0.1) is 0 Å². The molecule has 2 aliphatic rings. The lowest BCUT2D eigenvalue weighted by atomic mass is 9.83. The molecule has 2 heteroatoms. The molecule has 1 saturated carbocycles. The van der Waals surface area contributed by atoms with Crippen molar-refractivity contribution in [1.82, 2.24) is 9.55 Å². The van der Waals surface area contributed by atoms with E-state index in [0.717, 1.165) is 5.69 Å². The summed E-state index contributed by atoms with van der Waals surface area (Å²) in [7, 11) is 0. The molecule has 2 nitrogen and oxygen atoms in total. The third kappa shape index (κ3) is 3.66. The quantitative estimate of drug-likeness (QED) is 0.181. The van der Waals surface area contributed by atoms with Crippen molar-refractivity contribution in [3.63, 3.8) is 0 Å². The highest BCUT2D eigenvalue weighted by Crippen LogP contribution is 2.56. The Labute approximate surface area is 278 Å². The number of pyridine rings is 1. The van der Waals surface area contributed by atoms with Crippen LogP contribution in [0.5, 0.6) is 0 Å². The van der Waals surface area contributed by atoms with Crippen LogP contribution in [0.2, 0.25) is 0 Å². The monoisotopic (exact) mass is 610 g/mol. The Hall–Kier alpha value is -5.99. The van der Waals surface area contributed by atoms with E-state index >= 15 is 0 Å². The highest BCUT2D eigenvalue weighted by Gasteiger charge is 2.42. The molecule has 2 atom stereocenters. The molecule has 0 N–H and O–H groups in total. The summed E-state index contributed by atoms with van der Waals surface area (Å²) in [5.74, 6) is 1.21. The van der Waals surface area contributed by atoms with Crippen LogP contribution in [-0.2, 0) is 0 Å². The molecule has 2 heterocycles. The standard InChI is InChI=1S/C46H30N2/c1-3-10-42-34(7-1)35-8-2-4-11-43(35)48(42)32-19-12-28(13-20-32)33-21-14-29-16-23-37-38(24-17-30-15-22-36(33)44(29)45(30)37)46-39(25-18-31-27-40(31)46)41-9-5-6-26-47-41/h1-26,31,40H,27H2. The number of benzene rings is 7. The van der Waals surface area contributed by atoms with E-state index in [1.54, 1.807) is 0 Å². The molecule has 0 bridgehead atoms. The first-order valence-electron chi connectivity index (χ1n) is 17.0. The van der Waals surface area contributed by atoms with E-state index in [9.17, 15) is 0 Å². The van der Waals surface area contributed by atoms with E-state index in [1.165, 1.54) is 94.1 Å². The maximum absolute atomic E-state index is 4.78. The predicted octanol–water partition coefficient (Wildman–Crippen LogP) is 11.9. The lowest BCUT2D eigenvalue weighted by molar-refractivity contribution is 1.00. The molecule has 0 saturated heterocycles. The maximum Gasteiger partial charge on any atom is 0.0704 e. The Morgan fingerprint density at radius 3 is 1.85 bits per heavy atom. The Morgan fingerprint density at radius 1 is 0.542 bits per heavy atom. The van der Waals surface area contributed by atoms with Gasteiger partial charge in [-0.1, -0.05) is 115 Å². The van der Waals surface area contributed by atoms with Gasteiger partial charge in [0.05, 0.1) is 16.7 Å². The first-order valence-corrected chi connectivity index (χ1v) is 17.0. The number of allylic oxidation sites excluding steroid dienone is 4. The number of fused-ring (bicyclic) bond motifs is 4. The Balaban J connectivity index is 1.09. The number of rotatable bonds is 4. The van der Waals surface area contributed by atoms with E-state index in [-0.39, 0.29) is 0 Å². The number of aromatic nitrogens is 2. The first-order chi connectivity index (χ1) is 23.8. The highest BCUT2D eigenvalue weighted by atomic mass is 15.0. The molecule has 1 fully saturated rings. The molecule has 9 aromatic rings. The molecule has 2 aliphatic carbocycles. The topological polar surface area (TPSA) is 17.8 Å². The third-order valence-corrected chi connectivity index (χ3v) is 10.9. The lowest BCUT2D eigenvalue weighted by Gasteiger charge is -2.21. The van der Waals surface area contributed by atoms with Gasteiger partial charge in [0, 0.05) is 28.2 Å². The fourth-order valence-corrected chi connectivity index (χ4v) is 8.64. The third-order valence-electron chi connectivity index (χ3n) is 10.9. The summed E-state index contributed by atoms with van der Waals surface area (Å²) in [6, 6.07) is 51.5. The normalized spacial score (nSPS) is 17.3. The second-order valence-corrected chi connectivity index (χ2v) is 13.5. The van der Waals surface area contributed by atoms with Crippen LogP contribution < -0.4 is 0 Å². The molecule has 2 aromatic heterocycles. The SMILES string of the molecule is C1=CC2CC2C(c2ccc3ccc4c(-c5ccc(-n6c7ccccc7c7ccccc76)cc5)ccc5ccc2c3c54)=C1c1ccccn1. The molecular weight excluding hydrogens is 581 g/mol. The molecule has 48 heavy (non-hydrogen) atoms. The van der Waals surface area contributed by atoms with Gasteiger partial charge in [-0.2, -0.15) is 0 Å². The summed E-state index contributed by atoms with van der Waals surface area (Å²) in [6.45, 7) is 0. The van der Waals surface area contributed by atoms with Crippen LogP contribution in [0.4, 0.5) is 0 Å². The minimum atomic E-state index is 0.564. The van der Waals surface area contributed by atoms with Crippen LogP contribution in [0.15, 0.2) is 158 Å². The number of nitrogens with zero attached hydrogens (tertiary/aromatic N) is 2. The van der Waals surface area contributed by atoms with Crippen LogP contribution in [0.1, 0.15) is 17.7 Å². The highest BCUT2D eigenvalue weighted by molar-refractivity contribution is 6.27. The van der Waals surface area contributed by atoms with Crippen LogP contribution >= 0.6 is 0 Å². The van der Waals surface area contributed by atoms with E-state index in [1.807, 2.05) is 12.3 Å². The van der Waals surface area contributed by atoms with Gasteiger partial charge >= 0.3 is 0 Å². The van der Waals surface area contributed by atoms with Crippen molar-refractivity contribution in [2.24, 2.45) is 11.8 Å². The van der Waals surface area contributed by atoms with Gasteiger partial charge in [-0.3, -0.25) is 4.98 Å². The van der Waals surface area contributed by atoms with E-state index in [2.05, 4.69) is 150 Å². The average molecular weight is 611 g/mol. The molecule has 11 rings (SSSR count). The van der Waals surface area contributed by atoms with Crippen LogP contribution in [-0.4, -0.2) is 9.55 Å². The first kappa shape index (κ1) is 26.1. The molecule has 7 aromatic carbocycles. The van der Waals surface area contributed by atoms with Crippen LogP contribution in [0.3, 0.4) is 0 Å². The fraction of sp³-hybridized carbons (Fsp3) is 0.0652. The van der Waals surface area contributed by atoms with Crippen molar-refractivity contribution in [3.05, 3.63) is 169 Å². The zero-order valence-electron chi connectivity index (χ0n) is 26.3. The van der Waals surface area contributed by atoms with Crippen molar-refractivity contribution < 1.29 is 0 Å². The summed E-state index contributed by atoms with van der Waals surface area (Å²) in [6.07, 6.45) is 7.85. The Kier molecular flexibility index (Phi) is 5.31. The van der Waals surface area contributed by atoms with Crippen LogP contribution in [0.25, 0.3) is 82.1 Å².